The van der Waals surface area contributed by atoms with Crippen LogP contribution in [0.25, 0.3) is 0 Å². The standard InChI is InChI=1S/C16H25BrN2O/c1-2-18-16(14-4-3-5-15(17)10-14)7-9-19-8-6-13(11-19)12-20/h3-5,10,13,16,18,20H,2,6-9,11-12H2,1H3. The second-order valence-corrected chi connectivity index (χ2v) is 6.51. The summed E-state index contributed by atoms with van der Waals surface area (Å²) in [4.78, 5) is 2.48. The van der Waals surface area contributed by atoms with Crippen LogP contribution in [0.1, 0.15) is 31.4 Å². The van der Waals surface area contributed by atoms with Crippen LogP contribution in [0.15, 0.2) is 28.7 Å². The Hall–Kier alpha value is -0.420. The van der Waals surface area contributed by atoms with Crippen molar-refractivity contribution in [3.05, 3.63) is 34.3 Å². The number of hydrogen-bond donors (Lipinski definition) is 2. The molecule has 2 atom stereocenters. The third-order valence-corrected chi connectivity index (χ3v) is 4.56. The Morgan fingerprint density at radius 3 is 3.00 bits per heavy atom. The highest BCUT2D eigenvalue weighted by atomic mass is 79.9. The van der Waals surface area contributed by atoms with E-state index in [-0.39, 0.29) is 0 Å². The topological polar surface area (TPSA) is 35.5 Å². The molecule has 1 aliphatic rings. The Labute approximate surface area is 130 Å². The van der Waals surface area contributed by atoms with E-state index in [0.29, 0.717) is 18.6 Å². The van der Waals surface area contributed by atoms with Crippen molar-refractivity contribution in [1.82, 2.24) is 10.2 Å². The lowest BCUT2D eigenvalue weighted by atomic mass is 10.0. The van der Waals surface area contributed by atoms with E-state index in [0.717, 1.165) is 43.5 Å². The van der Waals surface area contributed by atoms with Gasteiger partial charge in [-0.3, -0.25) is 0 Å². The molecule has 1 fully saturated rings. The van der Waals surface area contributed by atoms with Crippen LogP contribution >= 0.6 is 15.9 Å². The minimum atomic E-state index is 0.332. The minimum absolute atomic E-state index is 0.332. The summed E-state index contributed by atoms with van der Waals surface area (Å²) >= 11 is 3.55. The summed E-state index contributed by atoms with van der Waals surface area (Å²) in [6, 6.07) is 8.97. The largest absolute Gasteiger partial charge is 0.396 e. The van der Waals surface area contributed by atoms with E-state index >= 15 is 0 Å². The highest BCUT2D eigenvalue weighted by Gasteiger charge is 2.22. The third-order valence-electron chi connectivity index (χ3n) is 4.06. The molecule has 2 rings (SSSR count). The fourth-order valence-electron chi connectivity index (χ4n) is 2.93. The van der Waals surface area contributed by atoms with Crippen LogP contribution < -0.4 is 5.32 Å². The first-order valence-corrected chi connectivity index (χ1v) is 8.34. The van der Waals surface area contributed by atoms with Gasteiger partial charge in [-0.2, -0.15) is 0 Å². The second-order valence-electron chi connectivity index (χ2n) is 5.59. The monoisotopic (exact) mass is 340 g/mol. The molecular weight excluding hydrogens is 316 g/mol. The Kier molecular flexibility index (Phi) is 6.49. The van der Waals surface area contributed by atoms with Gasteiger partial charge < -0.3 is 15.3 Å². The van der Waals surface area contributed by atoms with Gasteiger partial charge in [0.1, 0.15) is 0 Å². The third kappa shape index (κ3) is 4.55. The zero-order valence-electron chi connectivity index (χ0n) is 12.2. The lowest BCUT2D eigenvalue weighted by Crippen LogP contribution is -2.28. The zero-order chi connectivity index (χ0) is 14.4. The number of aliphatic hydroxyl groups excluding tert-OH is 1. The van der Waals surface area contributed by atoms with Gasteiger partial charge in [0.15, 0.2) is 0 Å². The van der Waals surface area contributed by atoms with E-state index in [1.807, 2.05) is 0 Å². The summed E-state index contributed by atoms with van der Waals surface area (Å²) in [6.45, 7) is 6.74. The van der Waals surface area contributed by atoms with Gasteiger partial charge in [-0.05, 0) is 56.1 Å². The summed E-state index contributed by atoms with van der Waals surface area (Å²) in [5, 5.41) is 12.8. The van der Waals surface area contributed by atoms with Gasteiger partial charge in [0, 0.05) is 23.7 Å². The van der Waals surface area contributed by atoms with Crippen LogP contribution in [0.4, 0.5) is 0 Å². The second kappa shape index (κ2) is 8.13. The summed E-state index contributed by atoms with van der Waals surface area (Å²) in [7, 11) is 0. The molecule has 20 heavy (non-hydrogen) atoms. The molecule has 0 spiro atoms. The molecule has 2 N–H and O–H groups in total. The molecule has 0 saturated carbocycles. The van der Waals surface area contributed by atoms with Gasteiger partial charge in [0.25, 0.3) is 0 Å². The fraction of sp³-hybridized carbons (Fsp3) is 0.625. The quantitative estimate of drug-likeness (QED) is 0.801. The first-order valence-electron chi connectivity index (χ1n) is 7.55. The van der Waals surface area contributed by atoms with Crippen molar-refractivity contribution in [2.24, 2.45) is 5.92 Å². The molecule has 0 aromatic heterocycles. The molecule has 4 heteroatoms. The Bertz CT molecular complexity index is 413. The van der Waals surface area contributed by atoms with Crippen LogP contribution in [0, 0.1) is 5.92 Å². The maximum atomic E-state index is 9.21. The van der Waals surface area contributed by atoms with Crippen molar-refractivity contribution in [2.75, 3.05) is 32.8 Å². The first kappa shape index (κ1) is 16.0. The molecule has 0 bridgehead atoms. The average molecular weight is 341 g/mol. The minimum Gasteiger partial charge on any atom is -0.396 e. The molecule has 112 valence electrons. The van der Waals surface area contributed by atoms with Crippen LogP contribution in [0.3, 0.4) is 0 Å². The number of likely N-dealkylation sites (tertiary alicyclic amines) is 1. The molecule has 1 aromatic carbocycles. The normalized spacial score (nSPS) is 21.2. The van der Waals surface area contributed by atoms with Crippen molar-refractivity contribution in [3.63, 3.8) is 0 Å². The van der Waals surface area contributed by atoms with Crippen LogP contribution in [-0.4, -0.2) is 42.8 Å². The number of nitrogens with one attached hydrogen (secondary N) is 1. The van der Waals surface area contributed by atoms with Gasteiger partial charge >= 0.3 is 0 Å². The number of aliphatic hydroxyl groups is 1. The van der Waals surface area contributed by atoms with Gasteiger partial charge in [-0.1, -0.05) is 35.0 Å². The Balaban J connectivity index is 1.89. The van der Waals surface area contributed by atoms with Crippen molar-refractivity contribution < 1.29 is 5.11 Å². The van der Waals surface area contributed by atoms with Gasteiger partial charge in [-0.25, -0.2) is 0 Å². The molecule has 1 aliphatic heterocycles. The summed E-state index contributed by atoms with van der Waals surface area (Å²) in [5.41, 5.74) is 1.35. The van der Waals surface area contributed by atoms with E-state index in [9.17, 15) is 5.11 Å². The number of nitrogens with zero attached hydrogens (tertiary/aromatic N) is 1. The molecule has 3 nitrogen and oxygen atoms in total. The number of hydrogen-bond acceptors (Lipinski definition) is 3. The molecule has 1 aromatic rings. The van der Waals surface area contributed by atoms with Crippen molar-refractivity contribution in [1.29, 1.82) is 0 Å². The molecule has 0 aliphatic carbocycles. The maximum Gasteiger partial charge on any atom is 0.0471 e. The fourth-order valence-corrected chi connectivity index (χ4v) is 3.35. The molecule has 1 saturated heterocycles. The Morgan fingerprint density at radius 2 is 2.35 bits per heavy atom. The predicted molar refractivity (Wildman–Crippen MR) is 86.8 cm³/mol. The van der Waals surface area contributed by atoms with E-state index in [1.165, 1.54) is 5.56 Å². The van der Waals surface area contributed by atoms with Crippen LogP contribution in [-0.2, 0) is 0 Å². The highest BCUT2D eigenvalue weighted by molar-refractivity contribution is 9.10. The summed E-state index contributed by atoms with van der Waals surface area (Å²) in [6.07, 6.45) is 2.25. The maximum absolute atomic E-state index is 9.21. The van der Waals surface area contributed by atoms with Gasteiger partial charge in [-0.15, -0.1) is 0 Å². The van der Waals surface area contributed by atoms with Crippen molar-refractivity contribution >= 4 is 15.9 Å². The van der Waals surface area contributed by atoms with E-state index in [4.69, 9.17) is 0 Å². The summed E-state index contributed by atoms with van der Waals surface area (Å²) < 4.78 is 1.14. The van der Waals surface area contributed by atoms with Crippen LogP contribution in [0.2, 0.25) is 0 Å². The lowest BCUT2D eigenvalue weighted by Gasteiger charge is -2.22. The predicted octanol–water partition coefficient (Wildman–Crippen LogP) is 2.80. The van der Waals surface area contributed by atoms with Gasteiger partial charge in [0.05, 0.1) is 0 Å². The lowest BCUT2D eigenvalue weighted by molar-refractivity contribution is 0.219. The SMILES string of the molecule is CCNC(CCN1CCC(CO)C1)c1cccc(Br)c1. The number of benzene rings is 1. The average Bonchev–Trinajstić information content (AvgIpc) is 2.91. The molecule has 2 unspecified atom stereocenters. The molecule has 1 heterocycles. The van der Waals surface area contributed by atoms with Crippen molar-refractivity contribution in [3.8, 4) is 0 Å². The Morgan fingerprint density at radius 1 is 1.50 bits per heavy atom. The van der Waals surface area contributed by atoms with E-state index < -0.39 is 0 Å². The number of halogens is 1. The van der Waals surface area contributed by atoms with Crippen LogP contribution in [0.5, 0.6) is 0 Å². The number of rotatable bonds is 7. The zero-order valence-corrected chi connectivity index (χ0v) is 13.8. The molecule has 0 amide bonds. The highest BCUT2D eigenvalue weighted by Crippen LogP contribution is 2.23. The van der Waals surface area contributed by atoms with Crippen molar-refractivity contribution in [2.45, 2.75) is 25.8 Å². The van der Waals surface area contributed by atoms with E-state index in [1.54, 1.807) is 0 Å². The smallest absolute Gasteiger partial charge is 0.0471 e. The molecule has 0 radical (unpaired) electrons. The van der Waals surface area contributed by atoms with Gasteiger partial charge in [0.2, 0.25) is 0 Å². The van der Waals surface area contributed by atoms with E-state index in [2.05, 4.69) is 57.3 Å². The molecular formula is C16H25BrN2O. The summed E-state index contributed by atoms with van der Waals surface area (Å²) in [5.74, 6) is 0.485. The first-order chi connectivity index (χ1) is 9.72.